The van der Waals surface area contributed by atoms with Crippen molar-refractivity contribution in [2.24, 2.45) is 0 Å². The summed E-state index contributed by atoms with van der Waals surface area (Å²) < 4.78 is 0. The van der Waals surface area contributed by atoms with Crippen LogP contribution in [0, 0.1) is 0 Å². The summed E-state index contributed by atoms with van der Waals surface area (Å²) in [5.41, 5.74) is 23.1. The maximum Gasteiger partial charge on any atom is 0.0726 e. The lowest BCUT2D eigenvalue weighted by molar-refractivity contribution is 0.793. The first-order valence-electron chi connectivity index (χ1n) is 21.5. The van der Waals surface area contributed by atoms with Crippen molar-refractivity contribution in [3.8, 4) is 66.8 Å². The molecular weight excluding hydrogens is 747 g/mol. The van der Waals surface area contributed by atoms with Gasteiger partial charge in [-0.1, -0.05) is 212 Å². The van der Waals surface area contributed by atoms with Crippen molar-refractivity contribution in [1.29, 1.82) is 0 Å². The molecule has 0 fully saturated rings. The second kappa shape index (κ2) is 14.6. The fourth-order valence-electron chi connectivity index (χ4n) is 10.2. The Balaban J connectivity index is 0.980. The Labute approximate surface area is 363 Å². The molecule has 0 bridgehead atoms. The maximum absolute atomic E-state index is 2.47. The van der Waals surface area contributed by atoms with E-state index in [1.165, 1.54) is 89.0 Å². The highest BCUT2D eigenvalue weighted by Gasteiger charge is 2.51. The number of anilines is 3. The fraction of sp³-hybridized carbons (Fsp3) is 0.0164. The van der Waals surface area contributed by atoms with Gasteiger partial charge in [0.15, 0.2) is 0 Å². The van der Waals surface area contributed by atoms with E-state index in [-0.39, 0.29) is 0 Å². The van der Waals surface area contributed by atoms with Gasteiger partial charge >= 0.3 is 0 Å². The van der Waals surface area contributed by atoms with Crippen LogP contribution >= 0.6 is 0 Å². The molecule has 0 saturated carbocycles. The van der Waals surface area contributed by atoms with Gasteiger partial charge in [-0.15, -0.1) is 0 Å². The zero-order chi connectivity index (χ0) is 41.0. The van der Waals surface area contributed by atoms with Gasteiger partial charge in [0, 0.05) is 17.1 Å². The molecule has 0 unspecified atom stereocenters. The molecule has 0 heterocycles. The lowest BCUT2D eigenvalue weighted by Gasteiger charge is -2.32. The van der Waals surface area contributed by atoms with Crippen molar-refractivity contribution >= 4 is 17.1 Å². The zero-order valence-electron chi connectivity index (χ0n) is 34.1. The summed E-state index contributed by atoms with van der Waals surface area (Å²) in [6.07, 6.45) is 0. The van der Waals surface area contributed by atoms with Crippen LogP contribution in [-0.4, -0.2) is 0 Å². The SMILES string of the molecule is c1ccc(-c2ccc(-c3ccc(N(c4ccc(-c5ccc(-c6ccccc6)cc5)cc4)c4ccc5c(c4)C4(c6ccccc6-c6ccccc64)c4ccccc4-5)cc3)cc2)cc1. The van der Waals surface area contributed by atoms with Gasteiger partial charge in [0.2, 0.25) is 0 Å². The summed E-state index contributed by atoms with van der Waals surface area (Å²) in [4.78, 5) is 2.42. The molecular formula is C61H41N. The van der Waals surface area contributed by atoms with E-state index in [0.29, 0.717) is 0 Å². The van der Waals surface area contributed by atoms with Crippen molar-refractivity contribution in [1.82, 2.24) is 0 Å². The lowest BCUT2D eigenvalue weighted by atomic mass is 9.70. The van der Waals surface area contributed by atoms with Gasteiger partial charge in [-0.25, -0.2) is 0 Å². The van der Waals surface area contributed by atoms with Crippen LogP contribution in [0.25, 0.3) is 66.8 Å². The second-order valence-corrected chi connectivity index (χ2v) is 16.4. The Morgan fingerprint density at radius 2 is 0.484 bits per heavy atom. The van der Waals surface area contributed by atoms with Gasteiger partial charge < -0.3 is 4.90 Å². The third kappa shape index (κ3) is 5.70. The highest BCUT2D eigenvalue weighted by molar-refractivity contribution is 5.96. The third-order valence-corrected chi connectivity index (χ3v) is 13.1. The average Bonchev–Trinajstić information content (AvgIpc) is 3.82. The van der Waals surface area contributed by atoms with E-state index in [2.05, 4.69) is 254 Å². The second-order valence-electron chi connectivity index (χ2n) is 16.4. The largest absolute Gasteiger partial charge is 0.310 e. The summed E-state index contributed by atoms with van der Waals surface area (Å²) in [6, 6.07) is 91.3. The molecule has 1 heteroatoms. The molecule has 10 aromatic rings. The number of rotatable bonds is 7. The molecule has 0 aromatic heterocycles. The van der Waals surface area contributed by atoms with Crippen LogP contribution in [0.2, 0.25) is 0 Å². The Bertz CT molecular complexity index is 3050. The van der Waals surface area contributed by atoms with Crippen LogP contribution in [-0.2, 0) is 5.41 Å². The summed E-state index contributed by atoms with van der Waals surface area (Å²) in [7, 11) is 0. The molecule has 1 spiro atoms. The first kappa shape index (κ1) is 35.9. The molecule has 2 aliphatic carbocycles. The van der Waals surface area contributed by atoms with Crippen LogP contribution in [0.15, 0.2) is 249 Å². The van der Waals surface area contributed by atoms with Gasteiger partial charge in [0.25, 0.3) is 0 Å². The number of fused-ring (bicyclic) bond motifs is 10. The molecule has 62 heavy (non-hydrogen) atoms. The minimum Gasteiger partial charge on any atom is -0.310 e. The van der Waals surface area contributed by atoms with Crippen LogP contribution in [0.5, 0.6) is 0 Å². The first-order valence-corrected chi connectivity index (χ1v) is 21.5. The summed E-state index contributed by atoms with van der Waals surface area (Å²) >= 11 is 0. The van der Waals surface area contributed by atoms with Gasteiger partial charge in [0.05, 0.1) is 5.41 Å². The van der Waals surface area contributed by atoms with E-state index in [4.69, 9.17) is 0 Å². The summed E-state index contributed by atoms with van der Waals surface area (Å²) in [5, 5.41) is 0. The molecule has 0 amide bonds. The predicted octanol–water partition coefficient (Wildman–Crippen LogP) is 16.2. The van der Waals surface area contributed by atoms with Crippen LogP contribution in [0.3, 0.4) is 0 Å². The molecule has 10 aromatic carbocycles. The molecule has 12 rings (SSSR count). The number of hydrogen-bond acceptors (Lipinski definition) is 1. The van der Waals surface area contributed by atoms with Crippen LogP contribution < -0.4 is 4.90 Å². The lowest BCUT2D eigenvalue weighted by Crippen LogP contribution is -2.26. The van der Waals surface area contributed by atoms with E-state index in [0.717, 1.165) is 17.1 Å². The van der Waals surface area contributed by atoms with Crippen molar-refractivity contribution < 1.29 is 0 Å². The highest BCUT2D eigenvalue weighted by atomic mass is 15.1. The van der Waals surface area contributed by atoms with E-state index < -0.39 is 5.41 Å². The van der Waals surface area contributed by atoms with E-state index in [9.17, 15) is 0 Å². The van der Waals surface area contributed by atoms with Crippen LogP contribution in [0.1, 0.15) is 22.3 Å². The first-order chi connectivity index (χ1) is 30.7. The van der Waals surface area contributed by atoms with Crippen molar-refractivity contribution in [2.45, 2.75) is 5.41 Å². The van der Waals surface area contributed by atoms with Crippen LogP contribution in [0.4, 0.5) is 17.1 Å². The van der Waals surface area contributed by atoms with Gasteiger partial charge in [-0.2, -0.15) is 0 Å². The molecule has 0 aliphatic heterocycles. The third-order valence-electron chi connectivity index (χ3n) is 13.1. The predicted molar refractivity (Wildman–Crippen MR) is 259 cm³/mol. The Hall–Kier alpha value is -8.00. The van der Waals surface area contributed by atoms with Gasteiger partial charge in [0.1, 0.15) is 0 Å². The van der Waals surface area contributed by atoms with Crippen molar-refractivity contribution in [3.63, 3.8) is 0 Å². The maximum atomic E-state index is 2.47. The Morgan fingerprint density at radius 3 is 0.855 bits per heavy atom. The standard InChI is InChI=1S/C61H41N/c1-3-13-42(14-4-1)44-23-27-46(28-24-44)48-31-35-50(36-32-48)62(51-37-33-49(34-38-51)47-29-25-45(26-30-47)43-15-5-2-6-16-43)52-39-40-56-55-19-9-12-22-59(55)61(60(56)41-52)57-20-10-7-17-53(57)54-18-8-11-21-58(54)61/h1-41H. The molecule has 0 radical (unpaired) electrons. The topological polar surface area (TPSA) is 3.24 Å². The number of hydrogen-bond donors (Lipinski definition) is 0. The minimum atomic E-state index is -0.424. The molecule has 0 atom stereocenters. The normalized spacial score (nSPS) is 12.6. The smallest absolute Gasteiger partial charge is 0.0726 e. The van der Waals surface area contributed by atoms with Gasteiger partial charge in [-0.05, 0) is 125 Å². The van der Waals surface area contributed by atoms with E-state index in [1.807, 2.05) is 0 Å². The van der Waals surface area contributed by atoms with Gasteiger partial charge in [-0.3, -0.25) is 0 Å². The Kier molecular flexibility index (Phi) is 8.47. The zero-order valence-corrected chi connectivity index (χ0v) is 34.1. The highest BCUT2D eigenvalue weighted by Crippen LogP contribution is 2.63. The fourth-order valence-corrected chi connectivity index (χ4v) is 10.2. The monoisotopic (exact) mass is 787 g/mol. The molecule has 0 N–H and O–H groups in total. The summed E-state index contributed by atoms with van der Waals surface area (Å²) in [5.74, 6) is 0. The molecule has 1 nitrogen and oxygen atoms in total. The molecule has 0 saturated heterocycles. The number of benzene rings is 10. The molecule has 290 valence electrons. The molecule has 2 aliphatic rings. The average molecular weight is 788 g/mol. The quantitative estimate of drug-likeness (QED) is 0.155. The van der Waals surface area contributed by atoms with E-state index in [1.54, 1.807) is 0 Å². The van der Waals surface area contributed by atoms with Crippen molar-refractivity contribution in [2.75, 3.05) is 4.90 Å². The summed E-state index contributed by atoms with van der Waals surface area (Å²) in [6.45, 7) is 0. The van der Waals surface area contributed by atoms with E-state index >= 15 is 0 Å². The Morgan fingerprint density at radius 1 is 0.210 bits per heavy atom. The minimum absolute atomic E-state index is 0.424. The van der Waals surface area contributed by atoms with Crippen molar-refractivity contribution in [3.05, 3.63) is 271 Å². The number of nitrogens with zero attached hydrogens (tertiary/aromatic N) is 1.